The number of hydrogen-bond acceptors (Lipinski definition) is 5. The van der Waals surface area contributed by atoms with Gasteiger partial charge in [-0.1, -0.05) is 30.3 Å². The van der Waals surface area contributed by atoms with E-state index in [0.717, 1.165) is 38.5 Å². The molecule has 1 aromatic carbocycles. The van der Waals surface area contributed by atoms with E-state index in [4.69, 9.17) is 0 Å². The first-order valence-corrected chi connectivity index (χ1v) is 8.39. The van der Waals surface area contributed by atoms with E-state index in [1.54, 1.807) is 0 Å². The van der Waals surface area contributed by atoms with Crippen LogP contribution >= 0.6 is 0 Å². The van der Waals surface area contributed by atoms with Crippen molar-refractivity contribution in [1.29, 1.82) is 0 Å². The lowest BCUT2D eigenvalue weighted by Crippen LogP contribution is -2.47. The maximum absolute atomic E-state index is 4.60. The Kier molecular flexibility index (Phi) is 5.08. The Labute approximate surface area is 138 Å². The van der Waals surface area contributed by atoms with E-state index in [1.165, 1.54) is 5.56 Å². The Balaban J connectivity index is 1.61. The van der Waals surface area contributed by atoms with Crippen molar-refractivity contribution in [3.05, 3.63) is 48.2 Å². The quantitative estimate of drug-likeness (QED) is 0.920. The predicted molar refractivity (Wildman–Crippen MR) is 94.8 cm³/mol. The minimum atomic E-state index is 0.459. The van der Waals surface area contributed by atoms with Crippen LogP contribution in [0, 0.1) is 0 Å². The lowest BCUT2D eigenvalue weighted by Gasteiger charge is -2.38. The normalized spacial score (nSPS) is 17.0. The molecule has 1 unspecified atom stereocenters. The summed E-state index contributed by atoms with van der Waals surface area (Å²) in [5, 5.41) is 3.18. The number of benzene rings is 1. The number of nitrogens with zero attached hydrogens (tertiary/aromatic N) is 4. The highest BCUT2D eigenvalue weighted by molar-refractivity contribution is 5.43. The van der Waals surface area contributed by atoms with Crippen LogP contribution < -0.4 is 10.2 Å². The van der Waals surface area contributed by atoms with Crippen LogP contribution in [0.4, 0.5) is 11.8 Å². The van der Waals surface area contributed by atoms with Gasteiger partial charge in [-0.3, -0.25) is 4.90 Å². The first-order valence-electron chi connectivity index (χ1n) is 8.39. The van der Waals surface area contributed by atoms with E-state index in [1.807, 2.05) is 12.3 Å². The van der Waals surface area contributed by atoms with Gasteiger partial charge in [0.2, 0.25) is 5.95 Å². The Morgan fingerprint density at radius 1 is 1.09 bits per heavy atom. The summed E-state index contributed by atoms with van der Waals surface area (Å²) in [7, 11) is 0. The maximum Gasteiger partial charge on any atom is 0.224 e. The third-order valence-electron chi connectivity index (χ3n) is 4.44. The number of aromatic nitrogens is 2. The summed E-state index contributed by atoms with van der Waals surface area (Å²) >= 11 is 0. The largest absolute Gasteiger partial charge is 0.354 e. The van der Waals surface area contributed by atoms with Gasteiger partial charge < -0.3 is 10.2 Å². The van der Waals surface area contributed by atoms with E-state index in [-0.39, 0.29) is 0 Å². The van der Waals surface area contributed by atoms with Crippen molar-refractivity contribution in [3.8, 4) is 0 Å². The summed E-state index contributed by atoms with van der Waals surface area (Å²) in [5.41, 5.74) is 1.39. The van der Waals surface area contributed by atoms with Crippen molar-refractivity contribution in [2.75, 3.05) is 42.9 Å². The Morgan fingerprint density at radius 3 is 2.52 bits per heavy atom. The zero-order chi connectivity index (χ0) is 16.1. The van der Waals surface area contributed by atoms with E-state index < -0.39 is 0 Å². The molecule has 1 N–H and O–H groups in total. The van der Waals surface area contributed by atoms with Crippen molar-refractivity contribution in [2.24, 2.45) is 0 Å². The molecule has 0 radical (unpaired) electrons. The monoisotopic (exact) mass is 311 g/mol. The zero-order valence-corrected chi connectivity index (χ0v) is 13.9. The molecule has 0 saturated carbocycles. The van der Waals surface area contributed by atoms with Gasteiger partial charge in [-0.05, 0) is 25.5 Å². The summed E-state index contributed by atoms with van der Waals surface area (Å²) in [6.45, 7) is 9.29. The molecule has 5 nitrogen and oxygen atoms in total. The van der Waals surface area contributed by atoms with Gasteiger partial charge in [0, 0.05) is 45.0 Å². The van der Waals surface area contributed by atoms with Gasteiger partial charge in [-0.15, -0.1) is 0 Å². The molecule has 1 atom stereocenters. The second-order valence-electron chi connectivity index (χ2n) is 5.88. The fourth-order valence-electron chi connectivity index (χ4n) is 3.05. The van der Waals surface area contributed by atoms with E-state index >= 15 is 0 Å². The molecule has 1 aromatic heterocycles. The van der Waals surface area contributed by atoms with Crippen LogP contribution in [0.25, 0.3) is 0 Å². The second kappa shape index (κ2) is 7.42. The van der Waals surface area contributed by atoms with Gasteiger partial charge in [0.15, 0.2) is 0 Å². The molecule has 0 amide bonds. The molecule has 122 valence electrons. The van der Waals surface area contributed by atoms with Crippen molar-refractivity contribution in [1.82, 2.24) is 14.9 Å². The van der Waals surface area contributed by atoms with Gasteiger partial charge in [-0.25, -0.2) is 4.98 Å². The number of hydrogen-bond donors (Lipinski definition) is 1. The lowest BCUT2D eigenvalue weighted by atomic mass is 10.1. The maximum atomic E-state index is 4.60. The van der Waals surface area contributed by atoms with Crippen molar-refractivity contribution in [3.63, 3.8) is 0 Å². The predicted octanol–water partition coefficient (Wildman–Crippen LogP) is 2.79. The number of anilines is 2. The molecule has 2 aromatic rings. The SMILES string of the molecule is CCNc1nccc(N2CCN(C(C)c3ccccc3)CC2)n1. The highest BCUT2D eigenvalue weighted by Crippen LogP contribution is 2.23. The second-order valence-corrected chi connectivity index (χ2v) is 5.88. The summed E-state index contributed by atoms with van der Waals surface area (Å²) in [5.74, 6) is 1.73. The molecule has 1 saturated heterocycles. The van der Waals surface area contributed by atoms with E-state index in [0.29, 0.717) is 12.0 Å². The van der Waals surface area contributed by atoms with Gasteiger partial charge >= 0.3 is 0 Å². The minimum absolute atomic E-state index is 0.459. The van der Waals surface area contributed by atoms with Crippen LogP contribution in [0.2, 0.25) is 0 Å². The van der Waals surface area contributed by atoms with Crippen molar-refractivity contribution in [2.45, 2.75) is 19.9 Å². The van der Waals surface area contributed by atoms with Crippen LogP contribution in [0.5, 0.6) is 0 Å². The third kappa shape index (κ3) is 3.79. The number of rotatable bonds is 5. The third-order valence-corrected chi connectivity index (χ3v) is 4.44. The van der Waals surface area contributed by atoms with E-state index in [2.05, 4.69) is 69.3 Å². The molecule has 2 heterocycles. The molecule has 1 fully saturated rings. The van der Waals surface area contributed by atoms with Gasteiger partial charge in [0.1, 0.15) is 5.82 Å². The van der Waals surface area contributed by atoms with E-state index in [9.17, 15) is 0 Å². The number of nitrogens with one attached hydrogen (secondary N) is 1. The van der Waals surface area contributed by atoms with Crippen LogP contribution in [0.3, 0.4) is 0 Å². The Hall–Kier alpha value is -2.14. The van der Waals surface area contributed by atoms with Crippen molar-refractivity contribution >= 4 is 11.8 Å². The Bertz CT molecular complexity index is 608. The summed E-state index contributed by atoms with van der Waals surface area (Å²) in [4.78, 5) is 13.7. The van der Waals surface area contributed by atoms with Crippen LogP contribution in [0.1, 0.15) is 25.5 Å². The molecule has 0 spiro atoms. The summed E-state index contributed by atoms with van der Waals surface area (Å²) in [6.07, 6.45) is 1.83. The molecule has 3 rings (SSSR count). The van der Waals surface area contributed by atoms with Gasteiger partial charge in [0.05, 0.1) is 0 Å². The highest BCUT2D eigenvalue weighted by atomic mass is 15.3. The molecular weight excluding hydrogens is 286 g/mol. The van der Waals surface area contributed by atoms with Crippen LogP contribution in [-0.4, -0.2) is 47.6 Å². The average molecular weight is 311 g/mol. The van der Waals surface area contributed by atoms with Crippen molar-refractivity contribution < 1.29 is 0 Å². The average Bonchev–Trinajstić information content (AvgIpc) is 2.62. The lowest BCUT2D eigenvalue weighted by molar-refractivity contribution is 0.198. The summed E-state index contributed by atoms with van der Waals surface area (Å²) in [6, 6.07) is 13.2. The molecular formula is C18H25N5. The van der Waals surface area contributed by atoms with Crippen LogP contribution in [0.15, 0.2) is 42.6 Å². The fraction of sp³-hybridized carbons (Fsp3) is 0.444. The molecule has 5 heteroatoms. The molecule has 1 aliphatic heterocycles. The first kappa shape index (κ1) is 15.7. The zero-order valence-electron chi connectivity index (χ0n) is 13.9. The van der Waals surface area contributed by atoms with Gasteiger partial charge in [0.25, 0.3) is 0 Å². The number of piperazine rings is 1. The Morgan fingerprint density at radius 2 is 1.83 bits per heavy atom. The molecule has 0 aliphatic carbocycles. The molecule has 0 bridgehead atoms. The smallest absolute Gasteiger partial charge is 0.224 e. The van der Waals surface area contributed by atoms with Gasteiger partial charge in [-0.2, -0.15) is 4.98 Å². The summed E-state index contributed by atoms with van der Waals surface area (Å²) < 4.78 is 0. The topological polar surface area (TPSA) is 44.3 Å². The molecule has 1 aliphatic rings. The highest BCUT2D eigenvalue weighted by Gasteiger charge is 2.22. The fourth-order valence-corrected chi connectivity index (χ4v) is 3.05. The first-order chi connectivity index (χ1) is 11.3. The minimum Gasteiger partial charge on any atom is -0.354 e. The molecule has 23 heavy (non-hydrogen) atoms. The standard InChI is InChI=1S/C18H25N5/c1-3-19-18-20-10-9-17(21-18)23-13-11-22(12-14-23)15(2)16-7-5-4-6-8-16/h4-10,15H,3,11-14H2,1-2H3,(H,19,20,21). The van der Waals surface area contributed by atoms with Crippen LogP contribution in [-0.2, 0) is 0 Å².